The van der Waals surface area contributed by atoms with Crippen LogP contribution in [0.2, 0.25) is 0 Å². The third-order valence-corrected chi connectivity index (χ3v) is 7.91. The molecule has 2 aromatic heterocycles. The Balaban J connectivity index is 1.23. The number of hydrogen-bond donors (Lipinski definition) is 1. The molecular weight excluding hydrogens is 525 g/mol. The van der Waals surface area contributed by atoms with Crippen molar-refractivity contribution in [2.45, 2.75) is 32.5 Å². The van der Waals surface area contributed by atoms with E-state index in [9.17, 15) is 9.36 Å². The number of nitrogens with zero attached hydrogens (tertiary/aromatic N) is 2. The number of aromatic nitrogens is 3. The maximum absolute atomic E-state index is 12.9. The lowest BCUT2D eigenvalue weighted by molar-refractivity contribution is 0.0578. The van der Waals surface area contributed by atoms with Crippen LogP contribution in [-0.4, -0.2) is 33.4 Å². The molecule has 40 heavy (non-hydrogen) atoms. The molecule has 8 nitrogen and oxygen atoms in total. The first-order chi connectivity index (χ1) is 19.2. The Hall–Kier alpha value is -3.97. The molecule has 5 aromatic rings. The van der Waals surface area contributed by atoms with Crippen molar-refractivity contribution in [3.05, 3.63) is 113 Å². The monoisotopic (exact) mass is 557 g/mol. The minimum atomic E-state index is -3.27. The zero-order chi connectivity index (χ0) is 28.2. The van der Waals surface area contributed by atoms with Crippen molar-refractivity contribution in [1.82, 2.24) is 14.5 Å². The molecule has 0 saturated heterocycles. The van der Waals surface area contributed by atoms with Gasteiger partial charge in [-0.2, -0.15) is 0 Å². The fraction of sp³-hybridized carbons (Fsp3) is 0.226. The second-order valence-corrected chi connectivity index (χ2v) is 12.2. The minimum Gasteiger partial charge on any atom is -0.493 e. The van der Waals surface area contributed by atoms with Crippen molar-refractivity contribution < 1.29 is 18.3 Å². The number of nitrogens with one attached hydrogen (secondary N) is 1. The molecule has 0 bridgehead atoms. The molecule has 206 valence electrons. The highest BCUT2D eigenvalue weighted by molar-refractivity contribution is 7.53. The molecule has 0 aliphatic carbocycles. The molecule has 0 aliphatic rings. The summed E-state index contributed by atoms with van der Waals surface area (Å²) in [6, 6.07) is 26.9. The molecule has 3 aromatic carbocycles. The molecule has 1 atom stereocenters. The van der Waals surface area contributed by atoms with E-state index in [0.717, 1.165) is 22.4 Å². The van der Waals surface area contributed by atoms with E-state index in [0.29, 0.717) is 29.8 Å². The average molecular weight is 558 g/mol. The minimum absolute atomic E-state index is 0.196. The zero-order valence-corrected chi connectivity index (χ0v) is 23.6. The van der Waals surface area contributed by atoms with Crippen molar-refractivity contribution in [2.75, 3.05) is 13.3 Å². The standard InChI is InChI=1S/C31H32N3O5P/c1-31(2,39-40(3,36)38-21-23-10-6-4-7-11-23)18-19-37-26-16-14-24(15-17-26)27-20-34(25-12-8-5-9-13-25)29-28(27)30(35)33-22-32-29/h4-17,20,22H,18-19,21H2,1-3H3,(H,32,33,35). The van der Waals surface area contributed by atoms with Crippen LogP contribution in [0, 0.1) is 0 Å². The van der Waals surface area contributed by atoms with Crippen molar-refractivity contribution in [2.24, 2.45) is 0 Å². The largest absolute Gasteiger partial charge is 0.493 e. The summed E-state index contributed by atoms with van der Waals surface area (Å²) in [6.07, 6.45) is 3.86. The molecule has 0 aliphatic heterocycles. The lowest BCUT2D eigenvalue weighted by atomic mass is 10.1. The van der Waals surface area contributed by atoms with Crippen LogP contribution in [0.25, 0.3) is 27.8 Å². The molecule has 9 heteroatoms. The summed E-state index contributed by atoms with van der Waals surface area (Å²) in [5.41, 5.74) is 3.19. The van der Waals surface area contributed by atoms with Crippen LogP contribution >= 0.6 is 7.60 Å². The summed E-state index contributed by atoms with van der Waals surface area (Å²) in [6.45, 7) is 5.82. The quantitative estimate of drug-likeness (QED) is 0.176. The fourth-order valence-corrected chi connectivity index (χ4v) is 5.93. The third kappa shape index (κ3) is 6.59. The summed E-state index contributed by atoms with van der Waals surface area (Å²) in [5, 5.41) is 0.525. The summed E-state index contributed by atoms with van der Waals surface area (Å²) in [5.74, 6) is 0.679. The SMILES string of the molecule is CC(C)(CCOc1ccc(-c2cn(-c3ccccc3)c3nc[nH]c(=O)c23)cc1)OP(C)(=O)OCc1ccccc1. The highest BCUT2D eigenvalue weighted by atomic mass is 31.2. The number of rotatable bonds is 11. The van der Waals surface area contributed by atoms with Gasteiger partial charge in [-0.3, -0.25) is 9.36 Å². The van der Waals surface area contributed by atoms with E-state index in [2.05, 4.69) is 9.97 Å². The first-order valence-corrected chi connectivity index (χ1v) is 15.0. The van der Waals surface area contributed by atoms with Gasteiger partial charge in [0, 0.05) is 30.5 Å². The molecule has 0 saturated carbocycles. The Bertz CT molecular complexity index is 1680. The van der Waals surface area contributed by atoms with Crippen molar-refractivity contribution in [3.63, 3.8) is 0 Å². The molecule has 2 heterocycles. The Labute approximate surface area is 233 Å². The zero-order valence-electron chi connectivity index (χ0n) is 22.7. The first-order valence-electron chi connectivity index (χ1n) is 13.0. The highest BCUT2D eigenvalue weighted by Gasteiger charge is 2.29. The number of ether oxygens (including phenoxy) is 1. The van der Waals surface area contributed by atoms with Crippen LogP contribution in [0.5, 0.6) is 5.75 Å². The van der Waals surface area contributed by atoms with Crippen LogP contribution in [0.3, 0.4) is 0 Å². The summed E-state index contributed by atoms with van der Waals surface area (Å²) >= 11 is 0. The molecule has 0 amide bonds. The van der Waals surface area contributed by atoms with E-state index in [1.807, 2.05) is 110 Å². The van der Waals surface area contributed by atoms with Gasteiger partial charge in [0.05, 0.1) is 30.5 Å². The van der Waals surface area contributed by atoms with Crippen LogP contribution in [0.15, 0.2) is 102 Å². The van der Waals surface area contributed by atoms with Gasteiger partial charge < -0.3 is 23.3 Å². The third-order valence-electron chi connectivity index (χ3n) is 6.48. The predicted molar refractivity (Wildman–Crippen MR) is 157 cm³/mol. The molecule has 1 unspecified atom stereocenters. The maximum Gasteiger partial charge on any atom is 0.328 e. The lowest BCUT2D eigenvalue weighted by Crippen LogP contribution is -2.26. The molecule has 0 radical (unpaired) electrons. The van der Waals surface area contributed by atoms with E-state index in [4.69, 9.17) is 13.8 Å². The van der Waals surface area contributed by atoms with Gasteiger partial charge in [-0.1, -0.05) is 60.7 Å². The Morgan fingerprint density at radius 1 is 0.950 bits per heavy atom. The smallest absolute Gasteiger partial charge is 0.328 e. The van der Waals surface area contributed by atoms with Crippen molar-refractivity contribution in [3.8, 4) is 22.6 Å². The van der Waals surface area contributed by atoms with E-state index >= 15 is 0 Å². The van der Waals surface area contributed by atoms with Gasteiger partial charge >= 0.3 is 7.60 Å². The van der Waals surface area contributed by atoms with E-state index < -0.39 is 13.2 Å². The molecule has 5 rings (SSSR count). The van der Waals surface area contributed by atoms with E-state index in [1.165, 1.54) is 13.0 Å². The summed E-state index contributed by atoms with van der Waals surface area (Å²) in [4.78, 5) is 19.9. The van der Waals surface area contributed by atoms with Gasteiger partial charge in [0.1, 0.15) is 5.75 Å². The van der Waals surface area contributed by atoms with E-state index in [-0.39, 0.29) is 12.2 Å². The van der Waals surface area contributed by atoms with Gasteiger partial charge in [-0.25, -0.2) is 4.98 Å². The van der Waals surface area contributed by atoms with Crippen LogP contribution in [-0.2, 0) is 20.2 Å². The number of hydrogen-bond acceptors (Lipinski definition) is 6. The second-order valence-electron chi connectivity index (χ2n) is 10.2. The van der Waals surface area contributed by atoms with Gasteiger partial charge in [-0.15, -0.1) is 0 Å². The van der Waals surface area contributed by atoms with E-state index in [1.54, 1.807) is 0 Å². The number of benzene rings is 3. The molecule has 0 fully saturated rings. The molecule has 0 spiro atoms. The van der Waals surface area contributed by atoms with Crippen LogP contribution in [0.1, 0.15) is 25.8 Å². The highest BCUT2D eigenvalue weighted by Crippen LogP contribution is 2.49. The number of aromatic amines is 1. The number of H-pyrrole nitrogens is 1. The van der Waals surface area contributed by atoms with Crippen molar-refractivity contribution in [1.29, 1.82) is 0 Å². The Kier molecular flexibility index (Phi) is 8.03. The second kappa shape index (κ2) is 11.6. The number of fused-ring (bicyclic) bond motifs is 1. The Morgan fingerprint density at radius 3 is 2.33 bits per heavy atom. The average Bonchev–Trinajstić information content (AvgIpc) is 3.34. The van der Waals surface area contributed by atoms with Crippen molar-refractivity contribution >= 4 is 18.6 Å². The first kappa shape index (κ1) is 27.6. The summed E-state index contributed by atoms with van der Waals surface area (Å²) in [7, 11) is -3.27. The molecule has 1 N–H and O–H groups in total. The fourth-order valence-electron chi connectivity index (χ4n) is 4.51. The summed E-state index contributed by atoms with van der Waals surface area (Å²) < 4.78 is 32.3. The normalized spacial score (nSPS) is 13.3. The lowest BCUT2D eigenvalue weighted by Gasteiger charge is -2.28. The van der Waals surface area contributed by atoms with Crippen LogP contribution < -0.4 is 10.3 Å². The topological polar surface area (TPSA) is 95.4 Å². The molecular formula is C31H32N3O5P. The van der Waals surface area contributed by atoms with Gasteiger partial charge in [0.25, 0.3) is 5.56 Å². The van der Waals surface area contributed by atoms with Gasteiger partial charge in [0.2, 0.25) is 0 Å². The van der Waals surface area contributed by atoms with Crippen LogP contribution in [0.4, 0.5) is 0 Å². The Morgan fingerprint density at radius 2 is 1.62 bits per heavy atom. The van der Waals surface area contributed by atoms with Gasteiger partial charge in [0.15, 0.2) is 5.65 Å². The number of para-hydroxylation sites is 1. The predicted octanol–water partition coefficient (Wildman–Crippen LogP) is 6.98. The maximum atomic E-state index is 12.9. The van der Waals surface area contributed by atoms with Gasteiger partial charge in [-0.05, 0) is 49.2 Å².